The molecular formula is C18H20N6O2S3. The van der Waals surface area contributed by atoms with Gasteiger partial charge in [0.25, 0.3) is 5.91 Å². The fraction of sp³-hybridized carbons (Fsp3) is 0.333. The Morgan fingerprint density at radius 2 is 1.62 bits per heavy atom. The van der Waals surface area contributed by atoms with Crippen LogP contribution in [0.1, 0.15) is 41.7 Å². The molecule has 0 aliphatic carbocycles. The molecule has 2 aromatic heterocycles. The van der Waals surface area contributed by atoms with Gasteiger partial charge in [-0.2, -0.15) is 0 Å². The van der Waals surface area contributed by atoms with Crippen LogP contribution in [0.25, 0.3) is 0 Å². The van der Waals surface area contributed by atoms with Crippen molar-refractivity contribution in [3.63, 3.8) is 0 Å². The van der Waals surface area contributed by atoms with Gasteiger partial charge in [-0.25, -0.2) is 0 Å². The lowest BCUT2D eigenvalue weighted by Crippen LogP contribution is -2.14. The van der Waals surface area contributed by atoms with Crippen LogP contribution in [0.5, 0.6) is 0 Å². The lowest BCUT2D eigenvalue weighted by molar-refractivity contribution is -0.113. The number of carbonyl (C=O) groups excluding carboxylic acids is 2. The highest BCUT2D eigenvalue weighted by Crippen LogP contribution is 2.27. The average molecular weight is 449 g/mol. The summed E-state index contributed by atoms with van der Waals surface area (Å²) in [6, 6.07) is 7.50. The third-order valence-corrected chi connectivity index (χ3v) is 6.47. The van der Waals surface area contributed by atoms with E-state index in [4.69, 9.17) is 0 Å². The second kappa shape index (κ2) is 8.97. The van der Waals surface area contributed by atoms with Gasteiger partial charge in [0.05, 0.1) is 5.75 Å². The van der Waals surface area contributed by atoms with E-state index < -0.39 is 0 Å². The Bertz CT molecular complexity index is 1010. The van der Waals surface area contributed by atoms with Gasteiger partial charge < -0.3 is 0 Å². The van der Waals surface area contributed by atoms with Crippen LogP contribution in [-0.2, 0) is 10.2 Å². The van der Waals surface area contributed by atoms with Crippen LogP contribution in [0, 0.1) is 6.92 Å². The number of anilines is 2. The molecule has 1 aromatic carbocycles. The number of hydrogen-bond acceptors (Lipinski definition) is 9. The molecule has 2 amide bonds. The summed E-state index contributed by atoms with van der Waals surface area (Å²) < 4.78 is 0.590. The van der Waals surface area contributed by atoms with Gasteiger partial charge in [-0.1, -0.05) is 67.3 Å². The Morgan fingerprint density at radius 1 is 0.966 bits per heavy atom. The van der Waals surface area contributed by atoms with Gasteiger partial charge in [0.2, 0.25) is 16.2 Å². The molecule has 0 saturated carbocycles. The number of aryl methyl sites for hydroxylation is 1. The van der Waals surface area contributed by atoms with Gasteiger partial charge in [0, 0.05) is 5.56 Å². The first-order valence-corrected chi connectivity index (χ1v) is 11.3. The summed E-state index contributed by atoms with van der Waals surface area (Å²) in [5.41, 5.74) is 1.74. The van der Waals surface area contributed by atoms with E-state index in [1.165, 1.54) is 34.4 Å². The lowest BCUT2D eigenvalue weighted by Gasteiger charge is -2.18. The molecule has 0 radical (unpaired) electrons. The summed E-state index contributed by atoms with van der Waals surface area (Å²) in [6.07, 6.45) is 0. The van der Waals surface area contributed by atoms with E-state index >= 15 is 0 Å². The number of amides is 2. The predicted molar refractivity (Wildman–Crippen MR) is 117 cm³/mol. The van der Waals surface area contributed by atoms with Crippen LogP contribution in [0.2, 0.25) is 0 Å². The SMILES string of the molecule is Cc1nnc(NC(=O)CSc2nnc(NC(=O)c3ccc(C(C)(C)C)cc3)s2)s1. The van der Waals surface area contributed by atoms with Crippen LogP contribution in [0.3, 0.4) is 0 Å². The first kappa shape index (κ1) is 21.3. The van der Waals surface area contributed by atoms with E-state index in [1.807, 2.05) is 19.1 Å². The zero-order valence-electron chi connectivity index (χ0n) is 16.3. The van der Waals surface area contributed by atoms with E-state index in [9.17, 15) is 9.59 Å². The number of carbonyl (C=O) groups is 2. The highest BCUT2D eigenvalue weighted by Gasteiger charge is 2.16. The van der Waals surface area contributed by atoms with E-state index in [2.05, 4.69) is 51.8 Å². The highest BCUT2D eigenvalue weighted by atomic mass is 32.2. The van der Waals surface area contributed by atoms with Gasteiger partial charge in [-0.15, -0.1) is 20.4 Å². The minimum atomic E-state index is -0.248. The van der Waals surface area contributed by atoms with Crippen molar-refractivity contribution in [2.24, 2.45) is 0 Å². The molecular weight excluding hydrogens is 428 g/mol. The molecule has 11 heteroatoms. The minimum absolute atomic E-state index is 0.0293. The van der Waals surface area contributed by atoms with Crippen LogP contribution in [0.15, 0.2) is 28.6 Å². The molecule has 0 unspecified atom stereocenters. The van der Waals surface area contributed by atoms with Crippen molar-refractivity contribution in [3.05, 3.63) is 40.4 Å². The molecule has 29 heavy (non-hydrogen) atoms. The number of nitrogens with zero attached hydrogens (tertiary/aromatic N) is 4. The molecule has 0 aliphatic heterocycles. The van der Waals surface area contributed by atoms with Crippen molar-refractivity contribution >= 4 is 56.5 Å². The monoisotopic (exact) mass is 448 g/mol. The van der Waals surface area contributed by atoms with E-state index in [0.717, 1.165) is 10.6 Å². The van der Waals surface area contributed by atoms with Crippen LogP contribution in [0.4, 0.5) is 10.3 Å². The first-order valence-electron chi connectivity index (χ1n) is 8.69. The number of hydrogen-bond donors (Lipinski definition) is 2. The molecule has 0 saturated heterocycles. The van der Waals surface area contributed by atoms with E-state index in [1.54, 1.807) is 12.1 Å². The Hall–Kier alpha value is -2.37. The van der Waals surface area contributed by atoms with Crippen molar-refractivity contribution < 1.29 is 9.59 Å². The first-order chi connectivity index (χ1) is 13.7. The predicted octanol–water partition coefficient (Wildman–Crippen LogP) is 3.98. The molecule has 3 aromatic rings. The van der Waals surface area contributed by atoms with E-state index in [0.29, 0.717) is 20.2 Å². The second-order valence-corrected chi connectivity index (χ2v) is 10.5. The fourth-order valence-electron chi connectivity index (χ4n) is 2.24. The second-order valence-electron chi connectivity index (χ2n) is 7.12. The maximum atomic E-state index is 12.4. The number of nitrogens with one attached hydrogen (secondary N) is 2. The number of thioether (sulfide) groups is 1. The van der Waals surface area contributed by atoms with Crippen molar-refractivity contribution in [1.82, 2.24) is 20.4 Å². The summed E-state index contributed by atoms with van der Waals surface area (Å²) in [5.74, 6) is -0.288. The fourth-order valence-corrected chi connectivity index (χ4v) is 4.39. The standard InChI is InChI=1S/C18H20N6O2S3/c1-10-21-22-15(28-10)19-13(25)9-27-17-24-23-16(29-17)20-14(26)11-5-7-12(8-6-11)18(2,3)4/h5-8H,9H2,1-4H3,(H,19,22,25)(H,20,23,26). The zero-order chi connectivity index (χ0) is 21.0. The van der Waals surface area contributed by atoms with Gasteiger partial charge >= 0.3 is 0 Å². The van der Waals surface area contributed by atoms with Crippen molar-refractivity contribution in [1.29, 1.82) is 0 Å². The Balaban J connectivity index is 1.51. The lowest BCUT2D eigenvalue weighted by atomic mass is 9.87. The van der Waals surface area contributed by atoms with E-state index in [-0.39, 0.29) is 23.0 Å². The normalized spacial score (nSPS) is 11.3. The number of rotatable bonds is 6. The summed E-state index contributed by atoms with van der Waals surface area (Å²) in [7, 11) is 0. The molecule has 0 fully saturated rings. The Kier molecular flexibility index (Phi) is 6.60. The minimum Gasteiger partial charge on any atom is -0.300 e. The molecule has 152 valence electrons. The van der Waals surface area contributed by atoms with Gasteiger partial charge in [0.15, 0.2) is 4.34 Å². The van der Waals surface area contributed by atoms with Crippen LogP contribution >= 0.6 is 34.4 Å². The molecule has 3 rings (SSSR count). The molecule has 0 atom stereocenters. The number of aromatic nitrogens is 4. The summed E-state index contributed by atoms with van der Waals surface area (Å²) in [5, 5.41) is 22.7. The summed E-state index contributed by atoms with van der Waals surface area (Å²) in [6.45, 7) is 8.19. The van der Waals surface area contributed by atoms with Gasteiger partial charge in [-0.05, 0) is 30.0 Å². The maximum Gasteiger partial charge on any atom is 0.257 e. The Labute approximate surface area is 180 Å². The summed E-state index contributed by atoms with van der Waals surface area (Å²) in [4.78, 5) is 24.4. The Morgan fingerprint density at radius 3 is 2.24 bits per heavy atom. The molecule has 2 N–H and O–H groups in total. The van der Waals surface area contributed by atoms with Crippen molar-refractivity contribution in [3.8, 4) is 0 Å². The maximum absolute atomic E-state index is 12.4. The number of benzene rings is 1. The summed E-state index contributed by atoms with van der Waals surface area (Å²) >= 11 is 3.77. The smallest absolute Gasteiger partial charge is 0.257 e. The molecule has 0 aliphatic rings. The molecule has 0 spiro atoms. The largest absolute Gasteiger partial charge is 0.300 e. The third kappa shape index (κ3) is 6.05. The van der Waals surface area contributed by atoms with Crippen LogP contribution < -0.4 is 10.6 Å². The third-order valence-electron chi connectivity index (χ3n) is 3.74. The zero-order valence-corrected chi connectivity index (χ0v) is 18.8. The quantitative estimate of drug-likeness (QED) is 0.433. The molecule has 2 heterocycles. The topological polar surface area (TPSA) is 110 Å². The van der Waals surface area contributed by atoms with Gasteiger partial charge in [-0.3, -0.25) is 20.2 Å². The van der Waals surface area contributed by atoms with Crippen molar-refractivity contribution in [2.75, 3.05) is 16.4 Å². The van der Waals surface area contributed by atoms with Crippen molar-refractivity contribution in [2.45, 2.75) is 37.4 Å². The molecule has 0 bridgehead atoms. The highest BCUT2D eigenvalue weighted by molar-refractivity contribution is 8.01. The van der Waals surface area contributed by atoms with Crippen LogP contribution in [-0.4, -0.2) is 38.0 Å². The van der Waals surface area contributed by atoms with Gasteiger partial charge in [0.1, 0.15) is 5.01 Å². The average Bonchev–Trinajstić information content (AvgIpc) is 3.28. The molecule has 8 nitrogen and oxygen atoms in total.